The van der Waals surface area contributed by atoms with E-state index in [1.165, 1.54) is 0 Å². The first-order valence-electron chi connectivity index (χ1n) is 5.08. The number of hydrogen-bond acceptors (Lipinski definition) is 2. The zero-order chi connectivity index (χ0) is 13.4. The molecule has 0 spiro atoms. The molecule has 0 unspecified atom stereocenters. The Bertz CT molecular complexity index is 509. The van der Waals surface area contributed by atoms with Gasteiger partial charge in [-0.15, -0.1) is 0 Å². The summed E-state index contributed by atoms with van der Waals surface area (Å²) in [5, 5.41) is 8.76. The lowest BCUT2D eigenvalue weighted by Crippen LogP contribution is -2.26. The SMILES string of the molecule is O=C(O)[C@H]1CC(=O)N(c2cc(F)c(F)c(F)c2)C1. The molecule has 1 saturated heterocycles. The number of nitrogens with zero attached hydrogens (tertiary/aromatic N) is 1. The first-order chi connectivity index (χ1) is 8.40. The van der Waals surface area contributed by atoms with Crippen molar-refractivity contribution in [2.45, 2.75) is 6.42 Å². The van der Waals surface area contributed by atoms with E-state index in [0.717, 1.165) is 4.90 Å². The van der Waals surface area contributed by atoms with Gasteiger partial charge >= 0.3 is 5.97 Å². The van der Waals surface area contributed by atoms with Crippen LogP contribution in [0, 0.1) is 23.4 Å². The monoisotopic (exact) mass is 259 g/mol. The summed E-state index contributed by atoms with van der Waals surface area (Å²) in [4.78, 5) is 23.2. The van der Waals surface area contributed by atoms with Crippen LogP contribution < -0.4 is 4.90 Å². The van der Waals surface area contributed by atoms with E-state index in [9.17, 15) is 22.8 Å². The molecule has 1 atom stereocenters. The zero-order valence-corrected chi connectivity index (χ0v) is 8.99. The second kappa shape index (κ2) is 4.32. The summed E-state index contributed by atoms with van der Waals surface area (Å²) in [5.41, 5.74) is -0.180. The molecule has 1 aliphatic rings. The van der Waals surface area contributed by atoms with Crippen molar-refractivity contribution in [2.75, 3.05) is 11.4 Å². The Balaban J connectivity index is 2.33. The van der Waals surface area contributed by atoms with Gasteiger partial charge in [-0.3, -0.25) is 9.59 Å². The Kier molecular flexibility index (Phi) is 2.98. The predicted molar refractivity (Wildman–Crippen MR) is 54.4 cm³/mol. The number of rotatable bonds is 2. The van der Waals surface area contributed by atoms with Crippen LogP contribution in [0.3, 0.4) is 0 Å². The summed E-state index contributed by atoms with van der Waals surface area (Å²) in [5.74, 6) is -7.11. The van der Waals surface area contributed by atoms with E-state index in [2.05, 4.69) is 0 Å². The largest absolute Gasteiger partial charge is 0.481 e. The molecule has 1 heterocycles. The maximum atomic E-state index is 13.0. The predicted octanol–water partition coefficient (Wildman–Crippen LogP) is 1.54. The van der Waals surface area contributed by atoms with E-state index < -0.39 is 35.2 Å². The average molecular weight is 259 g/mol. The summed E-state index contributed by atoms with van der Waals surface area (Å²) in [6, 6.07) is 1.33. The highest BCUT2D eigenvalue weighted by Gasteiger charge is 2.35. The van der Waals surface area contributed by atoms with Crippen LogP contribution in [0.2, 0.25) is 0 Å². The van der Waals surface area contributed by atoms with Crippen LogP contribution in [0.25, 0.3) is 0 Å². The van der Waals surface area contributed by atoms with E-state index in [1.807, 2.05) is 0 Å². The average Bonchev–Trinajstić information content (AvgIpc) is 2.68. The topological polar surface area (TPSA) is 57.6 Å². The van der Waals surface area contributed by atoms with Gasteiger partial charge < -0.3 is 10.0 Å². The minimum absolute atomic E-state index is 0.180. The third-order valence-corrected chi connectivity index (χ3v) is 2.75. The van der Waals surface area contributed by atoms with Crippen molar-refractivity contribution in [3.63, 3.8) is 0 Å². The van der Waals surface area contributed by atoms with Crippen LogP contribution in [0.1, 0.15) is 6.42 Å². The maximum Gasteiger partial charge on any atom is 0.308 e. The fourth-order valence-electron chi connectivity index (χ4n) is 1.82. The summed E-state index contributed by atoms with van der Waals surface area (Å²) in [7, 11) is 0. The highest BCUT2D eigenvalue weighted by molar-refractivity contribution is 5.99. The van der Waals surface area contributed by atoms with Gasteiger partial charge in [0.05, 0.1) is 5.92 Å². The molecule has 4 nitrogen and oxygen atoms in total. The van der Waals surface area contributed by atoms with E-state index in [0.29, 0.717) is 12.1 Å². The van der Waals surface area contributed by atoms with Gasteiger partial charge in [-0.1, -0.05) is 0 Å². The van der Waals surface area contributed by atoms with Gasteiger partial charge in [0, 0.05) is 30.8 Å². The van der Waals surface area contributed by atoms with E-state index in [4.69, 9.17) is 5.11 Å². The minimum atomic E-state index is -1.62. The fraction of sp³-hybridized carbons (Fsp3) is 0.273. The number of carbonyl (C=O) groups excluding carboxylic acids is 1. The number of carbonyl (C=O) groups is 2. The Morgan fingerprint density at radius 3 is 2.28 bits per heavy atom. The smallest absolute Gasteiger partial charge is 0.308 e. The molecule has 2 rings (SSSR count). The highest BCUT2D eigenvalue weighted by Crippen LogP contribution is 2.27. The summed E-state index contributed by atoms with van der Waals surface area (Å²) < 4.78 is 38.8. The van der Waals surface area contributed by atoms with Crippen LogP contribution in [0.15, 0.2) is 12.1 Å². The van der Waals surface area contributed by atoms with Crippen LogP contribution in [-0.4, -0.2) is 23.5 Å². The molecule has 0 aliphatic carbocycles. The minimum Gasteiger partial charge on any atom is -0.481 e. The molecule has 1 N–H and O–H groups in total. The number of anilines is 1. The van der Waals surface area contributed by atoms with Crippen LogP contribution >= 0.6 is 0 Å². The van der Waals surface area contributed by atoms with Crippen molar-refractivity contribution >= 4 is 17.6 Å². The van der Waals surface area contributed by atoms with E-state index in [1.54, 1.807) is 0 Å². The van der Waals surface area contributed by atoms with E-state index in [-0.39, 0.29) is 18.7 Å². The van der Waals surface area contributed by atoms with Gasteiger partial charge in [0.15, 0.2) is 17.5 Å². The lowest BCUT2D eigenvalue weighted by Gasteiger charge is -2.16. The van der Waals surface area contributed by atoms with Crippen molar-refractivity contribution in [3.8, 4) is 0 Å². The molecule has 0 radical (unpaired) electrons. The molecular weight excluding hydrogens is 251 g/mol. The molecule has 96 valence electrons. The number of halogens is 3. The third-order valence-electron chi connectivity index (χ3n) is 2.75. The molecule has 7 heteroatoms. The van der Waals surface area contributed by atoms with Crippen molar-refractivity contribution in [2.24, 2.45) is 5.92 Å². The summed E-state index contributed by atoms with van der Waals surface area (Å²) in [6.45, 7) is -0.182. The Morgan fingerprint density at radius 1 is 1.28 bits per heavy atom. The number of carboxylic acid groups (broad SMARTS) is 1. The molecule has 1 aromatic rings. The molecular formula is C11H8F3NO3. The Hall–Kier alpha value is -2.05. The normalized spacial score (nSPS) is 19.4. The van der Waals surface area contributed by atoms with Crippen molar-refractivity contribution in [1.82, 2.24) is 0 Å². The van der Waals surface area contributed by atoms with Crippen LogP contribution in [0.4, 0.5) is 18.9 Å². The van der Waals surface area contributed by atoms with Gasteiger partial charge in [0.25, 0.3) is 0 Å². The first kappa shape index (κ1) is 12.4. The first-order valence-corrected chi connectivity index (χ1v) is 5.08. The molecule has 18 heavy (non-hydrogen) atoms. The fourth-order valence-corrected chi connectivity index (χ4v) is 1.82. The Labute approximate surface area is 99.6 Å². The third kappa shape index (κ3) is 2.03. The zero-order valence-electron chi connectivity index (χ0n) is 8.99. The number of aliphatic carboxylic acids is 1. The molecule has 1 aliphatic heterocycles. The van der Waals surface area contributed by atoms with Gasteiger partial charge in [0.1, 0.15) is 0 Å². The standard InChI is InChI=1S/C11H8F3NO3/c12-7-2-6(3-8(13)10(7)14)15-4-5(11(17)18)1-9(15)16/h2-3,5H,1,4H2,(H,17,18)/t5-/m0/s1. The van der Waals surface area contributed by atoms with Gasteiger partial charge in [0.2, 0.25) is 5.91 Å². The number of hydrogen-bond donors (Lipinski definition) is 1. The summed E-state index contributed by atoms with van der Waals surface area (Å²) in [6.07, 6.45) is -0.240. The second-order valence-corrected chi connectivity index (χ2v) is 3.97. The Morgan fingerprint density at radius 2 is 1.83 bits per heavy atom. The van der Waals surface area contributed by atoms with E-state index >= 15 is 0 Å². The number of carboxylic acids is 1. The van der Waals surface area contributed by atoms with Crippen LogP contribution in [-0.2, 0) is 9.59 Å². The van der Waals surface area contributed by atoms with Gasteiger partial charge in [-0.05, 0) is 0 Å². The summed E-state index contributed by atoms with van der Waals surface area (Å²) >= 11 is 0. The lowest BCUT2D eigenvalue weighted by molar-refractivity contribution is -0.141. The quantitative estimate of drug-likeness (QED) is 0.819. The lowest BCUT2D eigenvalue weighted by atomic mass is 10.1. The number of amides is 1. The van der Waals surface area contributed by atoms with Crippen molar-refractivity contribution in [1.29, 1.82) is 0 Å². The van der Waals surface area contributed by atoms with Crippen molar-refractivity contribution < 1.29 is 27.9 Å². The molecule has 1 fully saturated rings. The molecule has 0 saturated carbocycles. The highest BCUT2D eigenvalue weighted by atomic mass is 19.2. The molecule has 1 amide bonds. The molecule has 0 aromatic heterocycles. The van der Waals surface area contributed by atoms with Crippen molar-refractivity contribution in [3.05, 3.63) is 29.6 Å². The van der Waals surface area contributed by atoms with Crippen LogP contribution in [0.5, 0.6) is 0 Å². The van der Waals surface area contributed by atoms with Gasteiger partial charge in [-0.2, -0.15) is 0 Å². The van der Waals surface area contributed by atoms with Gasteiger partial charge in [-0.25, -0.2) is 13.2 Å². The molecule has 1 aromatic carbocycles. The maximum absolute atomic E-state index is 13.0. The number of benzene rings is 1. The second-order valence-electron chi connectivity index (χ2n) is 3.97. The molecule has 0 bridgehead atoms.